The number of aliphatic carboxylic acids is 1. The number of carboxylic acid groups (broad SMARTS) is 1. The predicted molar refractivity (Wildman–Crippen MR) is 64.2 cm³/mol. The second-order valence-electron chi connectivity index (χ2n) is 4.81. The monoisotopic (exact) mass is 256 g/mol. The topological polar surface area (TPSA) is 70.1 Å². The van der Waals surface area contributed by atoms with Gasteiger partial charge in [0.15, 0.2) is 0 Å². The molecule has 18 heavy (non-hydrogen) atoms. The fraction of sp³-hybridized carbons (Fsp3) is 0.833. The van der Waals surface area contributed by atoms with Crippen molar-refractivity contribution in [3.8, 4) is 0 Å². The van der Waals surface area contributed by atoms with E-state index in [0.29, 0.717) is 39.3 Å². The fourth-order valence-electron chi connectivity index (χ4n) is 2.55. The summed E-state index contributed by atoms with van der Waals surface area (Å²) in [5.74, 6) is -0.795. The number of nitrogens with zero attached hydrogens (tertiary/aromatic N) is 2. The summed E-state index contributed by atoms with van der Waals surface area (Å²) in [4.78, 5) is 26.8. The molecule has 0 aromatic rings. The maximum absolute atomic E-state index is 12.1. The molecule has 2 rings (SSSR count). The normalized spacial score (nSPS) is 26.0. The van der Waals surface area contributed by atoms with Gasteiger partial charge < -0.3 is 14.7 Å². The van der Waals surface area contributed by atoms with E-state index < -0.39 is 12.0 Å². The van der Waals surface area contributed by atoms with Crippen LogP contribution in [0, 0.1) is 0 Å². The van der Waals surface area contributed by atoms with Crippen molar-refractivity contribution in [2.45, 2.75) is 25.3 Å². The van der Waals surface area contributed by atoms with Crippen molar-refractivity contribution in [1.82, 2.24) is 9.80 Å². The number of piperidine rings is 1. The summed E-state index contributed by atoms with van der Waals surface area (Å²) in [5.41, 5.74) is 0. The molecule has 2 heterocycles. The van der Waals surface area contributed by atoms with Gasteiger partial charge in [-0.3, -0.25) is 14.5 Å². The molecule has 2 fully saturated rings. The molecule has 1 atom stereocenters. The molecular formula is C12H20N2O4. The van der Waals surface area contributed by atoms with E-state index in [1.807, 2.05) is 0 Å². The molecule has 0 aromatic heterocycles. The predicted octanol–water partition coefficient (Wildman–Crippen LogP) is -0.216. The first-order valence-electron chi connectivity index (χ1n) is 6.51. The summed E-state index contributed by atoms with van der Waals surface area (Å²) < 4.78 is 5.20. The molecule has 0 aliphatic carbocycles. The third-order valence-corrected chi connectivity index (χ3v) is 3.60. The Kier molecular flexibility index (Phi) is 4.54. The average Bonchev–Trinajstić information content (AvgIpc) is 2.40. The molecule has 2 saturated heterocycles. The van der Waals surface area contributed by atoms with Gasteiger partial charge in [0.1, 0.15) is 6.04 Å². The van der Waals surface area contributed by atoms with Crippen molar-refractivity contribution < 1.29 is 19.4 Å². The van der Waals surface area contributed by atoms with Gasteiger partial charge in [-0.25, -0.2) is 0 Å². The van der Waals surface area contributed by atoms with Crippen LogP contribution in [0.1, 0.15) is 19.3 Å². The molecular weight excluding hydrogens is 236 g/mol. The molecule has 0 spiro atoms. The number of hydrogen-bond acceptors (Lipinski definition) is 4. The molecule has 6 heteroatoms. The molecule has 1 amide bonds. The first-order chi connectivity index (χ1) is 8.68. The van der Waals surface area contributed by atoms with E-state index in [0.717, 1.165) is 12.8 Å². The number of carbonyl (C=O) groups excluding carboxylic acids is 1. The fourth-order valence-corrected chi connectivity index (χ4v) is 2.55. The highest BCUT2D eigenvalue weighted by Gasteiger charge is 2.31. The lowest BCUT2D eigenvalue weighted by atomic mass is 10.0. The number of morpholine rings is 1. The molecule has 0 bridgehead atoms. The second kappa shape index (κ2) is 6.15. The van der Waals surface area contributed by atoms with Gasteiger partial charge in [-0.15, -0.1) is 0 Å². The standard InChI is InChI=1S/C12H20N2O4/c15-11(13-5-7-18-8-6-13)9-14-4-2-1-3-10(14)12(16)17/h10H,1-9H2,(H,16,17). The Morgan fingerprint density at radius 2 is 1.89 bits per heavy atom. The maximum Gasteiger partial charge on any atom is 0.320 e. The van der Waals surface area contributed by atoms with Crippen LogP contribution >= 0.6 is 0 Å². The minimum Gasteiger partial charge on any atom is -0.480 e. The summed E-state index contributed by atoms with van der Waals surface area (Å²) in [6, 6.07) is -0.497. The Bertz CT molecular complexity index is 315. The smallest absolute Gasteiger partial charge is 0.320 e. The van der Waals surface area contributed by atoms with Gasteiger partial charge in [0.2, 0.25) is 5.91 Å². The van der Waals surface area contributed by atoms with Crippen molar-refractivity contribution in [3.05, 3.63) is 0 Å². The summed E-state index contributed by atoms with van der Waals surface area (Å²) >= 11 is 0. The minimum atomic E-state index is -0.815. The number of carbonyl (C=O) groups is 2. The lowest BCUT2D eigenvalue weighted by molar-refractivity contribution is -0.147. The third kappa shape index (κ3) is 3.20. The van der Waals surface area contributed by atoms with Gasteiger partial charge in [0.25, 0.3) is 0 Å². The summed E-state index contributed by atoms with van der Waals surface area (Å²) in [7, 11) is 0. The summed E-state index contributed by atoms with van der Waals surface area (Å²) in [6.45, 7) is 3.31. The zero-order valence-electron chi connectivity index (χ0n) is 10.5. The molecule has 102 valence electrons. The van der Waals surface area contributed by atoms with Gasteiger partial charge in [0, 0.05) is 13.1 Å². The Morgan fingerprint density at radius 1 is 1.17 bits per heavy atom. The van der Waals surface area contributed by atoms with Crippen molar-refractivity contribution in [2.75, 3.05) is 39.4 Å². The highest BCUT2D eigenvalue weighted by Crippen LogP contribution is 2.17. The molecule has 6 nitrogen and oxygen atoms in total. The zero-order chi connectivity index (χ0) is 13.0. The van der Waals surface area contributed by atoms with Gasteiger partial charge in [0.05, 0.1) is 19.8 Å². The average molecular weight is 256 g/mol. The van der Waals surface area contributed by atoms with Crippen molar-refractivity contribution >= 4 is 11.9 Å². The van der Waals surface area contributed by atoms with Crippen molar-refractivity contribution in [2.24, 2.45) is 0 Å². The van der Waals surface area contributed by atoms with Crippen LogP contribution in [0.4, 0.5) is 0 Å². The van der Waals surface area contributed by atoms with Crippen LogP contribution in [0.3, 0.4) is 0 Å². The van der Waals surface area contributed by atoms with E-state index in [2.05, 4.69) is 0 Å². The first kappa shape index (κ1) is 13.3. The second-order valence-corrected chi connectivity index (χ2v) is 4.81. The highest BCUT2D eigenvalue weighted by molar-refractivity contribution is 5.80. The van der Waals surface area contributed by atoms with E-state index in [-0.39, 0.29) is 12.5 Å². The minimum absolute atomic E-state index is 0.0199. The maximum atomic E-state index is 12.1. The molecule has 0 aromatic carbocycles. The SMILES string of the molecule is O=C(O)C1CCCCN1CC(=O)N1CCOCC1. The number of rotatable bonds is 3. The van der Waals surface area contributed by atoms with Crippen LogP contribution in [0.2, 0.25) is 0 Å². The zero-order valence-corrected chi connectivity index (χ0v) is 10.5. The molecule has 1 N–H and O–H groups in total. The molecule has 2 aliphatic rings. The van der Waals surface area contributed by atoms with Crippen molar-refractivity contribution in [1.29, 1.82) is 0 Å². The Morgan fingerprint density at radius 3 is 2.56 bits per heavy atom. The quantitative estimate of drug-likeness (QED) is 0.756. The van der Waals surface area contributed by atoms with Crippen LogP contribution in [-0.4, -0.2) is 72.2 Å². The van der Waals surface area contributed by atoms with Crippen LogP contribution < -0.4 is 0 Å². The van der Waals surface area contributed by atoms with E-state index in [1.54, 1.807) is 9.80 Å². The van der Waals surface area contributed by atoms with Crippen LogP contribution in [0.5, 0.6) is 0 Å². The summed E-state index contributed by atoms with van der Waals surface area (Å²) in [5, 5.41) is 9.15. The van der Waals surface area contributed by atoms with Crippen LogP contribution in [0.15, 0.2) is 0 Å². The van der Waals surface area contributed by atoms with E-state index >= 15 is 0 Å². The number of carboxylic acids is 1. The highest BCUT2D eigenvalue weighted by atomic mass is 16.5. The molecule has 2 aliphatic heterocycles. The Labute approximate surface area is 106 Å². The number of amides is 1. The van der Waals surface area contributed by atoms with Gasteiger partial charge in [-0.1, -0.05) is 6.42 Å². The lowest BCUT2D eigenvalue weighted by Gasteiger charge is -2.35. The molecule has 0 radical (unpaired) electrons. The van der Waals surface area contributed by atoms with Gasteiger partial charge in [-0.05, 0) is 19.4 Å². The van der Waals surface area contributed by atoms with E-state index in [4.69, 9.17) is 9.84 Å². The third-order valence-electron chi connectivity index (χ3n) is 3.60. The number of ether oxygens (including phenoxy) is 1. The Hall–Kier alpha value is -1.14. The summed E-state index contributed by atoms with van der Waals surface area (Å²) in [6.07, 6.45) is 2.55. The van der Waals surface area contributed by atoms with Gasteiger partial charge >= 0.3 is 5.97 Å². The van der Waals surface area contributed by atoms with Crippen LogP contribution in [0.25, 0.3) is 0 Å². The number of hydrogen-bond donors (Lipinski definition) is 1. The van der Waals surface area contributed by atoms with E-state index in [9.17, 15) is 9.59 Å². The Balaban J connectivity index is 1.89. The molecule has 0 saturated carbocycles. The largest absolute Gasteiger partial charge is 0.480 e. The first-order valence-corrected chi connectivity index (χ1v) is 6.51. The van der Waals surface area contributed by atoms with Crippen LogP contribution in [-0.2, 0) is 14.3 Å². The molecule has 1 unspecified atom stereocenters. The number of likely N-dealkylation sites (tertiary alicyclic amines) is 1. The lowest BCUT2D eigenvalue weighted by Crippen LogP contribution is -2.51. The van der Waals surface area contributed by atoms with Gasteiger partial charge in [-0.2, -0.15) is 0 Å². The van der Waals surface area contributed by atoms with Crippen molar-refractivity contribution in [3.63, 3.8) is 0 Å². The van der Waals surface area contributed by atoms with E-state index in [1.165, 1.54) is 0 Å².